The summed E-state index contributed by atoms with van der Waals surface area (Å²) < 4.78 is 33.4. The maximum absolute atomic E-state index is 11.1. The van der Waals surface area contributed by atoms with Gasteiger partial charge in [-0.3, -0.25) is 0 Å². The molecular weight excluding hydrogens is 363 g/mol. The third kappa shape index (κ3) is 18.6. The molecule has 6 heteroatoms. The average Bonchev–Trinajstić information content (AvgIpc) is 2.52. The van der Waals surface area contributed by atoms with Crippen molar-refractivity contribution in [3.05, 3.63) is 0 Å². The number of rotatable bonds is 17. The summed E-state index contributed by atoms with van der Waals surface area (Å²) in [7, 11) is -4.17. The summed E-state index contributed by atoms with van der Waals surface area (Å²) >= 11 is 0. The Bertz CT molecular complexity index is 374. The molecule has 2 unspecified atom stereocenters. The van der Waals surface area contributed by atoms with Crippen molar-refractivity contribution in [3.8, 4) is 0 Å². The van der Waals surface area contributed by atoms with Crippen molar-refractivity contribution in [2.75, 3.05) is 0 Å². The molecule has 0 fully saturated rings. The molecule has 4 nitrogen and oxygen atoms in total. The minimum atomic E-state index is -4.17. The van der Waals surface area contributed by atoms with Crippen LogP contribution in [0.15, 0.2) is 0 Å². The van der Waals surface area contributed by atoms with Crippen LogP contribution in [-0.2, 0) is 10.1 Å². The van der Waals surface area contributed by atoms with Gasteiger partial charge in [0.25, 0.3) is 0 Å². The van der Waals surface area contributed by atoms with Crippen molar-refractivity contribution in [3.63, 3.8) is 0 Å². The zero-order valence-electron chi connectivity index (χ0n) is 16.8. The molecule has 0 saturated carbocycles. The Hall–Kier alpha value is 1.51. The van der Waals surface area contributed by atoms with E-state index in [1.54, 1.807) is 0 Å². The van der Waals surface area contributed by atoms with Crippen molar-refractivity contribution in [1.29, 1.82) is 0 Å². The summed E-state index contributed by atoms with van der Waals surface area (Å²) in [4.78, 5) is 0. The van der Waals surface area contributed by atoms with Crippen LogP contribution in [0.5, 0.6) is 0 Å². The van der Waals surface area contributed by atoms with Gasteiger partial charge in [-0.1, -0.05) is 84.5 Å². The topological polar surface area (TPSA) is 77.4 Å². The van der Waals surface area contributed by atoms with E-state index in [0.717, 1.165) is 19.3 Å². The number of unbranched alkanes of at least 4 members (excludes halogenated alkanes) is 8. The van der Waals surface area contributed by atoms with Crippen molar-refractivity contribution >= 4 is 10.1 Å². The molecule has 0 aliphatic heterocycles. The van der Waals surface area contributed by atoms with E-state index in [2.05, 4.69) is 6.92 Å². The molecule has 0 amide bonds. The molecule has 0 bridgehead atoms. The predicted molar refractivity (Wildman–Crippen MR) is 100 cm³/mol. The third-order valence-corrected chi connectivity index (χ3v) is 6.01. The summed E-state index contributed by atoms with van der Waals surface area (Å²) in [5.74, 6) is 0. The Morgan fingerprint density at radius 2 is 1.16 bits per heavy atom. The second-order valence-corrected chi connectivity index (χ2v) is 8.76. The first-order valence-electron chi connectivity index (χ1n) is 10.0. The van der Waals surface area contributed by atoms with Crippen LogP contribution < -0.4 is 51.4 Å². The summed E-state index contributed by atoms with van der Waals surface area (Å²) in [6.45, 7) is 4.12. The third-order valence-electron chi connectivity index (χ3n) is 4.72. The first kappa shape index (κ1) is 28.7. The van der Waals surface area contributed by atoms with Gasteiger partial charge < -0.3 is 9.66 Å². The molecule has 146 valence electrons. The van der Waals surface area contributed by atoms with Crippen molar-refractivity contribution in [1.82, 2.24) is 0 Å². The Morgan fingerprint density at radius 1 is 0.720 bits per heavy atom. The number of aliphatic hydroxyl groups is 1. The molecule has 0 aromatic heterocycles. The molecule has 0 saturated heterocycles. The van der Waals surface area contributed by atoms with Gasteiger partial charge in [-0.15, -0.1) is 0 Å². The molecular formula is C19H39KO4S. The fraction of sp³-hybridized carbons (Fsp3) is 1.00. The van der Waals surface area contributed by atoms with E-state index in [1.165, 1.54) is 44.9 Å². The van der Waals surface area contributed by atoms with E-state index in [1.807, 2.05) is 6.92 Å². The molecule has 25 heavy (non-hydrogen) atoms. The van der Waals surface area contributed by atoms with Gasteiger partial charge in [-0.05, 0) is 25.7 Å². The van der Waals surface area contributed by atoms with Gasteiger partial charge in [0, 0.05) is 5.25 Å². The normalized spacial score (nSPS) is 14.1. The quantitative estimate of drug-likeness (QED) is 0.230. The van der Waals surface area contributed by atoms with Gasteiger partial charge in [0.05, 0.1) is 16.2 Å². The first-order valence-corrected chi connectivity index (χ1v) is 11.5. The Morgan fingerprint density at radius 3 is 1.64 bits per heavy atom. The first-order chi connectivity index (χ1) is 11.4. The minimum Gasteiger partial charge on any atom is -0.748 e. The second kappa shape index (κ2) is 18.9. The van der Waals surface area contributed by atoms with E-state index in [-0.39, 0.29) is 57.5 Å². The SMILES string of the molecule is CCCCCCCCCCC(O)CCCCC(CCC)S(=O)(=O)[O-].[K+]. The van der Waals surface area contributed by atoms with Gasteiger partial charge in [-0.25, -0.2) is 8.42 Å². The van der Waals surface area contributed by atoms with Crippen LogP contribution in [0.4, 0.5) is 0 Å². The van der Waals surface area contributed by atoms with Gasteiger partial charge >= 0.3 is 51.4 Å². The Balaban J connectivity index is 0. The van der Waals surface area contributed by atoms with Crippen LogP contribution in [0, 0.1) is 0 Å². The zero-order chi connectivity index (χ0) is 18.3. The molecule has 0 spiro atoms. The maximum atomic E-state index is 11.1. The number of hydrogen-bond donors (Lipinski definition) is 1. The Labute approximate surface area is 199 Å². The largest absolute Gasteiger partial charge is 1.00 e. The molecule has 0 rings (SSSR count). The molecule has 0 heterocycles. The van der Waals surface area contributed by atoms with Gasteiger partial charge in [-0.2, -0.15) is 0 Å². The molecule has 0 aliphatic rings. The smallest absolute Gasteiger partial charge is 0.748 e. The van der Waals surface area contributed by atoms with Crippen LogP contribution in [0.25, 0.3) is 0 Å². The fourth-order valence-electron chi connectivity index (χ4n) is 3.17. The van der Waals surface area contributed by atoms with Crippen LogP contribution in [0.2, 0.25) is 0 Å². The van der Waals surface area contributed by atoms with E-state index in [4.69, 9.17) is 0 Å². The number of hydrogen-bond acceptors (Lipinski definition) is 4. The monoisotopic (exact) mass is 402 g/mol. The zero-order valence-corrected chi connectivity index (χ0v) is 20.8. The molecule has 0 aliphatic carbocycles. The standard InChI is InChI=1S/C19H40O4S.K/c1-3-5-6-7-8-9-10-11-15-18(20)16-12-13-17-19(14-4-2)24(21,22)23;/h18-20H,3-17H2,1-2H3,(H,21,22,23);/q;+1/p-1. The average molecular weight is 403 g/mol. The van der Waals surface area contributed by atoms with Crippen LogP contribution in [-0.4, -0.2) is 29.4 Å². The summed E-state index contributed by atoms with van der Waals surface area (Å²) in [6.07, 6.45) is 14.5. The molecule has 0 aromatic rings. The summed E-state index contributed by atoms with van der Waals surface area (Å²) in [5.41, 5.74) is 0. The van der Waals surface area contributed by atoms with Crippen molar-refractivity contribution in [2.24, 2.45) is 0 Å². The molecule has 0 radical (unpaired) electrons. The number of aliphatic hydroxyl groups excluding tert-OH is 1. The molecule has 1 N–H and O–H groups in total. The predicted octanol–water partition coefficient (Wildman–Crippen LogP) is 2.16. The van der Waals surface area contributed by atoms with Crippen LogP contribution in [0.1, 0.15) is 110 Å². The maximum Gasteiger partial charge on any atom is 1.00 e. The summed E-state index contributed by atoms with van der Waals surface area (Å²) in [5, 5.41) is 9.23. The van der Waals surface area contributed by atoms with Gasteiger partial charge in [0.15, 0.2) is 0 Å². The second-order valence-electron chi connectivity index (χ2n) is 7.11. The van der Waals surface area contributed by atoms with Gasteiger partial charge in [0.2, 0.25) is 0 Å². The van der Waals surface area contributed by atoms with E-state index in [0.29, 0.717) is 32.1 Å². The minimum absolute atomic E-state index is 0. The van der Waals surface area contributed by atoms with E-state index in [9.17, 15) is 18.1 Å². The summed E-state index contributed by atoms with van der Waals surface area (Å²) in [6, 6.07) is 0. The van der Waals surface area contributed by atoms with Gasteiger partial charge in [0.1, 0.15) is 0 Å². The molecule has 0 aromatic carbocycles. The van der Waals surface area contributed by atoms with E-state index < -0.39 is 15.4 Å². The van der Waals surface area contributed by atoms with E-state index >= 15 is 0 Å². The van der Waals surface area contributed by atoms with Crippen molar-refractivity contribution < 1.29 is 69.5 Å². The van der Waals surface area contributed by atoms with Crippen LogP contribution in [0.3, 0.4) is 0 Å². The molecule has 2 atom stereocenters. The fourth-order valence-corrected chi connectivity index (χ4v) is 4.14. The Kier molecular flexibility index (Phi) is 21.7. The van der Waals surface area contributed by atoms with Crippen molar-refractivity contribution in [2.45, 2.75) is 122 Å². The van der Waals surface area contributed by atoms with Crippen LogP contribution >= 0.6 is 0 Å².